The molecular formula is C12H16BrN3O2. The smallest absolute Gasteiger partial charge is 0.124 e. The summed E-state index contributed by atoms with van der Waals surface area (Å²) >= 11 is 3.38. The number of morpholine rings is 1. The molecule has 1 aliphatic rings. The standard InChI is InChI=1S/C12H16BrN3O2/c13-8-1-2-11(10(5-8)12(14)15)16-3-4-18-9(6-16)7-17/h1-2,5,9,17H,3-4,6-7H2,(H3,14,15). The predicted octanol–water partition coefficient (Wildman–Crippen LogP) is 0.931. The minimum atomic E-state index is -0.179. The van der Waals surface area contributed by atoms with Crippen molar-refractivity contribution in [3.05, 3.63) is 28.2 Å². The number of hydrogen-bond acceptors (Lipinski definition) is 4. The molecule has 4 N–H and O–H groups in total. The van der Waals surface area contributed by atoms with Crippen LogP contribution in [0.15, 0.2) is 22.7 Å². The summed E-state index contributed by atoms with van der Waals surface area (Å²) in [6, 6.07) is 5.69. The highest BCUT2D eigenvalue weighted by atomic mass is 79.9. The zero-order valence-electron chi connectivity index (χ0n) is 9.90. The second-order valence-corrected chi connectivity index (χ2v) is 5.11. The maximum atomic E-state index is 9.15. The molecule has 2 rings (SSSR count). The number of rotatable bonds is 3. The van der Waals surface area contributed by atoms with Gasteiger partial charge < -0.3 is 20.5 Å². The third kappa shape index (κ3) is 2.82. The molecular weight excluding hydrogens is 298 g/mol. The molecule has 0 saturated carbocycles. The summed E-state index contributed by atoms with van der Waals surface area (Å²) in [6.07, 6.45) is -0.179. The van der Waals surface area contributed by atoms with E-state index in [-0.39, 0.29) is 18.5 Å². The molecule has 1 aliphatic heterocycles. The highest BCUT2D eigenvalue weighted by molar-refractivity contribution is 9.10. The maximum absolute atomic E-state index is 9.15. The van der Waals surface area contributed by atoms with Gasteiger partial charge >= 0.3 is 0 Å². The lowest BCUT2D eigenvalue weighted by Gasteiger charge is -2.34. The number of ether oxygens (including phenoxy) is 1. The molecule has 1 saturated heterocycles. The zero-order valence-corrected chi connectivity index (χ0v) is 11.5. The van der Waals surface area contributed by atoms with Gasteiger partial charge in [-0.15, -0.1) is 0 Å². The topological polar surface area (TPSA) is 82.6 Å². The van der Waals surface area contributed by atoms with Gasteiger partial charge in [-0.25, -0.2) is 0 Å². The molecule has 0 amide bonds. The number of nitrogens with one attached hydrogen (secondary N) is 1. The van der Waals surface area contributed by atoms with Gasteiger partial charge in [0.1, 0.15) is 5.84 Å². The molecule has 18 heavy (non-hydrogen) atoms. The number of amidine groups is 1. The Hall–Kier alpha value is -1.11. The number of nitrogens with two attached hydrogens (primary N) is 1. The Morgan fingerprint density at radius 3 is 3.06 bits per heavy atom. The molecule has 1 fully saturated rings. The van der Waals surface area contributed by atoms with Gasteiger partial charge in [0, 0.05) is 28.8 Å². The predicted molar refractivity (Wildman–Crippen MR) is 74.2 cm³/mol. The Bertz CT molecular complexity index is 453. The van der Waals surface area contributed by atoms with E-state index in [0.717, 1.165) is 16.7 Å². The summed E-state index contributed by atoms with van der Waals surface area (Å²) < 4.78 is 6.31. The van der Waals surface area contributed by atoms with Gasteiger partial charge in [0.25, 0.3) is 0 Å². The quantitative estimate of drug-likeness (QED) is 0.572. The summed E-state index contributed by atoms with van der Waals surface area (Å²) in [5.74, 6) is 0.0401. The van der Waals surface area contributed by atoms with E-state index in [1.54, 1.807) is 0 Å². The van der Waals surface area contributed by atoms with Gasteiger partial charge in [0.05, 0.1) is 19.3 Å². The lowest BCUT2D eigenvalue weighted by atomic mass is 10.1. The number of nitrogens with zero attached hydrogens (tertiary/aromatic N) is 1. The summed E-state index contributed by atoms with van der Waals surface area (Å²) in [4.78, 5) is 2.09. The van der Waals surface area contributed by atoms with Crippen molar-refractivity contribution >= 4 is 27.5 Å². The Kier molecular flexibility index (Phi) is 4.21. The fraction of sp³-hybridized carbons (Fsp3) is 0.417. The lowest BCUT2D eigenvalue weighted by Crippen LogP contribution is -2.44. The third-order valence-electron chi connectivity index (χ3n) is 2.93. The van der Waals surface area contributed by atoms with E-state index in [9.17, 15) is 0 Å². The third-order valence-corrected chi connectivity index (χ3v) is 3.43. The Morgan fingerprint density at radius 2 is 2.39 bits per heavy atom. The molecule has 6 heteroatoms. The van der Waals surface area contributed by atoms with E-state index in [2.05, 4.69) is 20.8 Å². The molecule has 1 atom stereocenters. The monoisotopic (exact) mass is 313 g/mol. The van der Waals surface area contributed by atoms with E-state index >= 15 is 0 Å². The van der Waals surface area contributed by atoms with Crippen molar-refractivity contribution < 1.29 is 9.84 Å². The first-order chi connectivity index (χ1) is 8.61. The zero-order chi connectivity index (χ0) is 13.1. The highest BCUT2D eigenvalue weighted by Gasteiger charge is 2.22. The van der Waals surface area contributed by atoms with Crippen molar-refractivity contribution in [3.63, 3.8) is 0 Å². The molecule has 0 aliphatic carbocycles. The van der Waals surface area contributed by atoms with Gasteiger partial charge in [-0.1, -0.05) is 15.9 Å². The van der Waals surface area contributed by atoms with Crippen LogP contribution in [0.1, 0.15) is 5.56 Å². The lowest BCUT2D eigenvalue weighted by molar-refractivity contribution is 0.00356. The molecule has 0 aromatic heterocycles. The van der Waals surface area contributed by atoms with Crippen molar-refractivity contribution in [2.24, 2.45) is 5.73 Å². The molecule has 0 bridgehead atoms. The van der Waals surface area contributed by atoms with Gasteiger partial charge in [-0.2, -0.15) is 0 Å². The first-order valence-electron chi connectivity index (χ1n) is 5.73. The first kappa shape index (κ1) is 13.3. The number of aliphatic hydroxyl groups is 1. The van der Waals surface area contributed by atoms with Crippen LogP contribution in [0.2, 0.25) is 0 Å². The van der Waals surface area contributed by atoms with E-state index in [1.165, 1.54) is 0 Å². The van der Waals surface area contributed by atoms with Crippen LogP contribution in [0.5, 0.6) is 0 Å². The SMILES string of the molecule is N=C(N)c1cc(Br)ccc1N1CCOC(CO)C1. The average molecular weight is 314 g/mol. The van der Waals surface area contributed by atoms with Crippen LogP contribution in [-0.4, -0.2) is 43.3 Å². The van der Waals surface area contributed by atoms with E-state index in [0.29, 0.717) is 18.7 Å². The molecule has 1 aromatic rings. The molecule has 0 radical (unpaired) electrons. The molecule has 1 unspecified atom stereocenters. The largest absolute Gasteiger partial charge is 0.394 e. The summed E-state index contributed by atoms with van der Waals surface area (Å²) in [7, 11) is 0. The summed E-state index contributed by atoms with van der Waals surface area (Å²) in [6.45, 7) is 1.91. The number of hydrogen-bond donors (Lipinski definition) is 3. The molecule has 1 aromatic carbocycles. The molecule has 5 nitrogen and oxygen atoms in total. The fourth-order valence-corrected chi connectivity index (χ4v) is 2.41. The van der Waals surface area contributed by atoms with Gasteiger partial charge in [0.15, 0.2) is 0 Å². The number of nitrogen functional groups attached to an aromatic ring is 1. The molecule has 1 heterocycles. The second-order valence-electron chi connectivity index (χ2n) is 4.20. The van der Waals surface area contributed by atoms with Crippen LogP contribution in [0.25, 0.3) is 0 Å². The average Bonchev–Trinajstić information content (AvgIpc) is 2.38. The summed E-state index contributed by atoms with van der Waals surface area (Å²) in [5.41, 5.74) is 7.22. The number of halogens is 1. The normalized spacial score (nSPS) is 19.9. The minimum absolute atomic E-state index is 0.00241. The molecule has 0 spiro atoms. The van der Waals surface area contributed by atoms with Crippen LogP contribution in [-0.2, 0) is 4.74 Å². The van der Waals surface area contributed by atoms with Gasteiger partial charge in [-0.05, 0) is 18.2 Å². The maximum Gasteiger partial charge on any atom is 0.124 e. The van der Waals surface area contributed by atoms with E-state index < -0.39 is 0 Å². The molecule has 98 valence electrons. The number of aliphatic hydroxyl groups excluding tert-OH is 1. The van der Waals surface area contributed by atoms with Crippen LogP contribution in [0.4, 0.5) is 5.69 Å². The van der Waals surface area contributed by atoms with Crippen LogP contribution >= 0.6 is 15.9 Å². The second kappa shape index (κ2) is 5.69. The Balaban J connectivity index is 2.29. The van der Waals surface area contributed by atoms with Crippen molar-refractivity contribution in [2.75, 3.05) is 31.2 Å². The van der Waals surface area contributed by atoms with Crippen molar-refractivity contribution in [1.82, 2.24) is 0 Å². The Labute approximate surface area is 114 Å². The van der Waals surface area contributed by atoms with E-state index in [4.69, 9.17) is 21.0 Å². The van der Waals surface area contributed by atoms with Crippen LogP contribution < -0.4 is 10.6 Å². The summed E-state index contributed by atoms with van der Waals surface area (Å²) in [5, 5.41) is 16.8. The van der Waals surface area contributed by atoms with Gasteiger partial charge in [-0.3, -0.25) is 5.41 Å². The van der Waals surface area contributed by atoms with Crippen molar-refractivity contribution in [1.29, 1.82) is 5.41 Å². The number of anilines is 1. The minimum Gasteiger partial charge on any atom is -0.394 e. The fourth-order valence-electron chi connectivity index (χ4n) is 2.05. The van der Waals surface area contributed by atoms with E-state index in [1.807, 2.05) is 18.2 Å². The van der Waals surface area contributed by atoms with Crippen LogP contribution in [0, 0.1) is 5.41 Å². The van der Waals surface area contributed by atoms with Crippen molar-refractivity contribution in [3.8, 4) is 0 Å². The van der Waals surface area contributed by atoms with Gasteiger partial charge in [0.2, 0.25) is 0 Å². The number of benzene rings is 1. The first-order valence-corrected chi connectivity index (χ1v) is 6.52. The Morgan fingerprint density at radius 1 is 1.61 bits per heavy atom. The van der Waals surface area contributed by atoms with Crippen LogP contribution in [0.3, 0.4) is 0 Å². The highest BCUT2D eigenvalue weighted by Crippen LogP contribution is 2.25. The van der Waals surface area contributed by atoms with Crippen molar-refractivity contribution in [2.45, 2.75) is 6.10 Å².